The van der Waals surface area contributed by atoms with Gasteiger partial charge in [0.05, 0.1) is 6.54 Å². The summed E-state index contributed by atoms with van der Waals surface area (Å²) in [5.74, 6) is 0.0670. The molecule has 4 nitrogen and oxygen atoms in total. The molecular formula is C15H23N3O. The van der Waals surface area contributed by atoms with Crippen LogP contribution in [0.4, 0.5) is 5.69 Å². The lowest BCUT2D eigenvalue weighted by Gasteiger charge is -2.31. The van der Waals surface area contributed by atoms with Crippen LogP contribution in [0.3, 0.4) is 0 Å². The van der Waals surface area contributed by atoms with Crippen LogP contribution in [0.5, 0.6) is 0 Å². The molecule has 1 heterocycles. The van der Waals surface area contributed by atoms with Gasteiger partial charge in [-0.3, -0.25) is 9.69 Å². The third kappa shape index (κ3) is 4.04. The zero-order chi connectivity index (χ0) is 13.8. The molecule has 2 rings (SSSR count). The summed E-state index contributed by atoms with van der Waals surface area (Å²) >= 11 is 0. The van der Waals surface area contributed by atoms with Crippen molar-refractivity contribution in [3.05, 3.63) is 29.3 Å². The first-order chi connectivity index (χ1) is 9.04. The van der Waals surface area contributed by atoms with Crippen LogP contribution in [0.15, 0.2) is 18.2 Å². The van der Waals surface area contributed by atoms with Gasteiger partial charge in [-0.15, -0.1) is 0 Å². The molecule has 1 aliphatic heterocycles. The second kappa shape index (κ2) is 6.17. The highest BCUT2D eigenvalue weighted by molar-refractivity contribution is 5.92. The van der Waals surface area contributed by atoms with Crippen molar-refractivity contribution in [2.75, 3.05) is 31.5 Å². The Hall–Kier alpha value is -1.39. The molecule has 0 spiro atoms. The number of piperazine rings is 1. The summed E-state index contributed by atoms with van der Waals surface area (Å²) in [5, 5.41) is 6.35. The van der Waals surface area contributed by atoms with E-state index in [1.807, 2.05) is 18.2 Å². The highest BCUT2D eigenvalue weighted by Gasteiger charge is 2.17. The van der Waals surface area contributed by atoms with Crippen molar-refractivity contribution in [1.82, 2.24) is 10.2 Å². The van der Waals surface area contributed by atoms with Crippen LogP contribution < -0.4 is 10.6 Å². The molecule has 1 saturated heterocycles. The van der Waals surface area contributed by atoms with Crippen LogP contribution in [-0.4, -0.2) is 43.0 Å². The standard InChI is InChI=1S/C15H23N3O/c1-11-4-5-14(8-12(11)2)17-15(19)10-18-7-6-16-13(3)9-18/h4-5,8,13,16H,6-7,9-10H2,1-3H3,(H,17,19)/t13-/m0/s1. The third-order valence-electron chi connectivity index (χ3n) is 3.61. The first kappa shape index (κ1) is 14.0. The molecule has 0 aromatic heterocycles. The summed E-state index contributed by atoms with van der Waals surface area (Å²) in [7, 11) is 0. The second-order valence-electron chi connectivity index (χ2n) is 5.44. The van der Waals surface area contributed by atoms with Crippen LogP contribution in [0, 0.1) is 13.8 Å². The quantitative estimate of drug-likeness (QED) is 0.867. The van der Waals surface area contributed by atoms with E-state index in [0.29, 0.717) is 12.6 Å². The minimum atomic E-state index is 0.0670. The van der Waals surface area contributed by atoms with Gasteiger partial charge in [0.1, 0.15) is 0 Å². The molecule has 1 aliphatic rings. The Labute approximate surface area is 115 Å². The molecule has 1 aromatic carbocycles. The highest BCUT2D eigenvalue weighted by Crippen LogP contribution is 2.14. The van der Waals surface area contributed by atoms with Gasteiger partial charge in [-0.1, -0.05) is 6.07 Å². The normalized spacial score (nSPS) is 20.3. The van der Waals surface area contributed by atoms with E-state index < -0.39 is 0 Å². The largest absolute Gasteiger partial charge is 0.325 e. The molecule has 0 unspecified atom stereocenters. The van der Waals surface area contributed by atoms with Gasteiger partial charge in [0.15, 0.2) is 0 Å². The summed E-state index contributed by atoms with van der Waals surface area (Å²) in [6.45, 7) is 9.57. The van der Waals surface area contributed by atoms with Crippen molar-refractivity contribution < 1.29 is 4.79 Å². The van der Waals surface area contributed by atoms with Crippen molar-refractivity contribution in [3.8, 4) is 0 Å². The molecule has 0 aliphatic carbocycles. The Morgan fingerprint density at radius 2 is 2.21 bits per heavy atom. The maximum Gasteiger partial charge on any atom is 0.238 e. The lowest BCUT2D eigenvalue weighted by Crippen LogP contribution is -2.51. The van der Waals surface area contributed by atoms with Gasteiger partial charge in [0.2, 0.25) is 5.91 Å². The van der Waals surface area contributed by atoms with E-state index in [9.17, 15) is 4.79 Å². The fraction of sp³-hybridized carbons (Fsp3) is 0.533. The Bertz CT molecular complexity index is 459. The zero-order valence-electron chi connectivity index (χ0n) is 12.0. The summed E-state index contributed by atoms with van der Waals surface area (Å²) in [4.78, 5) is 14.2. The van der Waals surface area contributed by atoms with Crippen LogP contribution in [-0.2, 0) is 4.79 Å². The summed E-state index contributed by atoms with van der Waals surface area (Å²) in [6, 6.07) is 6.48. The number of amides is 1. The number of hydrogen-bond acceptors (Lipinski definition) is 3. The summed E-state index contributed by atoms with van der Waals surface area (Å²) in [6.07, 6.45) is 0. The van der Waals surface area contributed by atoms with Gasteiger partial charge in [-0.05, 0) is 44.0 Å². The minimum Gasteiger partial charge on any atom is -0.325 e. The average molecular weight is 261 g/mol. The molecule has 0 bridgehead atoms. The van der Waals surface area contributed by atoms with Crippen LogP contribution in [0.1, 0.15) is 18.1 Å². The Morgan fingerprint density at radius 1 is 1.42 bits per heavy atom. The number of carbonyl (C=O) groups is 1. The predicted molar refractivity (Wildman–Crippen MR) is 78.5 cm³/mol. The highest BCUT2D eigenvalue weighted by atomic mass is 16.2. The van der Waals surface area contributed by atoms with Crippen LogP contribution in [0.25, 0.3) is 0 Å². The van der Waals surface area contributed by atoms with Gasteiger partial charge < -0.3 is 10.6 Å². The van der Waals surface area contributed by atoms with Crippen molar-refractivity contribution >= 4 is 11.6 Å². The van der Waals surface area contributed by atoms with Gasteiger partial charge in [-0.2, -0.15) is 0 Å². The number of hydrogen-bond donors (Lipinski definition) is 2. The summed E-state index contributed by atoms with van der Waals surface area (Å²) in [5.41, 5.74) is 3.33. The van der Waals surface area contributed by atoms with Crippen molar-refractivity contribution in [1.29, 1.82) is 0 Å². The van der Waals surface area contributed by atoms with E-state index in [1.54, 1.807) is 0 Å². The van der Waals surface area contributed by atoms with Gasteiger partial charge in [-0.25, -0.2) is 0 Å². The lowest BCUT2D eigenvalue weighted by molar-refractivity contribution is -0.117. The first-order valence-corrected chi connectivity index (χ1v) is 6.87. The zero-order valence-corrected chi connectivity index (χ0v) is 12.0. The van der Waals surface area contributed by atoms with Crippen LogP contribution in [0.2, 0.25) is 0 Å². The molecular weight excluding hydrogens is 238 g/mol. The molecule has 0 radical (unpaired) electrons. The Kier molecular flexibility index (Phi) is 4.56. The smallest absolute Gasteiger partial charge is 0.238 e. The van der Waals surface area contributed by atoms with E-state index in [1.165, 1.54) is 11.1 Å². The molecule has 1 fully saturated rings. The number of benzene rings is 1. The Morgan fingerprint density at radius 3 is 2.89 bits per heavy atom. The average Bonchev–Trinajstić information content (AvgIpc) is 2.34. The number of rotatable bonds is 3. The number of carbonyl (C=O) groups excluding carboxylic acids is 1. The van der Waals surface area contributed by atoms with Crippen molar-refractivity contribution in [3.63, 3.8) is 0 Å². The second-order valence-corrected chi connectivity index (χ2v) is 5.44. The van der Waals surface area contributed by atoms with E-state index in [0.717, 1.165) is 25.3 Å². The van der Waals surface area contributed by atoms with Crippen LogP contribution >= 0.6 is 0 Å². The SMILES string of the molecule is Cc1ccc(NC(=O)CN2CCN[C@@H](C)C2)cc1C. The van der Waals surface area contributed by atoms with Gasteiger partial charge in [0, 0.05) is 31.4 Å². The van der Waals surface area contributed by atoms with E-state index in [2.05, 4.69) is 36.3 Å². The van der Waals surface area contributed by atoms with Gasteiger partial charge in [0.25, 0.3) is 0 Å². The molecule has 2 N–H and O–H groups in total. The lowest BCUT2D eigenvalue weighted by atomic mass is 10.1. The van der Waals surface area contributed by atoms with E-state index in [-0.39, 0.29) is 5.91 Å². The minimum absolute atomic E-state index is 0.0670. The maximum absolute atomic E-state index is 12.0. The first-order valence-electron chi connectivity index (χ1n) is 6.87. The number of aryl methyl sites for hydroxylation is 2. The monoisotopic (exact) mass is 261 g/mol. The van der Waals surface area contributed by atoms with Crippen molar-refractivity contribution in [2.45, 2.75) is 26.8 Å². The summed E-state index contributed by atoms with van der Waals surface area (Å²) < 4.78 is 0. The maximum atomic E-state index is 12.0. The predicted octanol–water partition coefficient (Wildman–Crippen LogP) is 1.54. The fourth-order valence-electron chi connectivity index (χ4n) is 2.38. The molecule has 4 heteroatoms. The number of nitrogens with one attached hydrogen (secondary N) is 2. The Balaban J connectivity index is 1.88. The number of nitrogens with zero attached hydrogens (tertiary/aromatic N) is 1. The van der Waals surface area contributed by atoms with Gasteiger partial charge >= 0.3 is 0 Å². The molecule has 1 atom stereocenters. The fourth-order valence-corrected chi connectivity index (χ4v) is 2.38. The van der Waals surface area contributed by atoms with E-state index in [4.69, 9.17) is 0 Å². The molecule has 0 saturated carbocycles. The third-order valence-corrected chi connectivity index (χ3v) is 3.61. The number of anilines is 1. The van der Waals surface area contributed by atoms with E-state index >= 15 is 0 Å². The topological polar surface area (TPSA) is 44.4 Å². The molecule has 1 amide bonds. The van der Waals surface area contributed by atoms with Crippen molar-refractivity contribution in [2.24, 2.45) is 0 Å². The molecule has 19 heavy (non-hydrogen) atoms. The molecule has 1 aromatic rings. The molecule has 104 valence electrons.